The van der Waals surface area contributed by atoms with Crippen LogP contribution in [0, 0.1) is 0 Å². The first-order valence-corrected chi connectivity index (χ1v) is 4.76. The maximum Gasteiger partial charge on any atom is 0.126 e. The summed E-state index contributed by atoms with van der Waals surface area (Å²) in [4.78, 5) is 6.32. The molecule has 0 amide bonds. The van der Waals surface area contributed by atoms with Crippen LogP contribution in [0.3, 0.4) is 0 Å². The number of pyridine rings is 1. The summed E-state index contributed by atoms with van der Waals surface area (Å²) >= 11 is 0. The minimum atomic E-state index is 0.894. The predicted octanol–water partition coefficient (Wildman–Crippen LogP) is 0.779. The van der Waals surface area contributed by atoms with Gasteiger partial charge in [0.25, 0.3) is 0 Å². The Morgan fingerprint density at radius 3 is 2.57 bits per heavy atom. The average molecular weight is 194 g/mol. The van der Waals surface area contributed by atoms with Crippen LogP contribution in [-0.2, 0) is 0 Å². The van der Waals surface area contributed by atoms with Gasteiger partial charge in [0.1, 0.15) is 5.82 Å². The number of hydrogen-bond donors (Lipinski definition) is 2. The maximum atomic E-state index is 4.29. The van der Waals surface area contributed by atoms with Crippen LogP contribution in [-0.4, -0.2) is 39.2 Å². The molecule has 78 valence electrons. The van der Waals surface area contributed by atoms with E-state index in [1.165, 1.54) is 0 Å². The van der Waals surface area contributed by atoms with E-state index in [9.17, 15) is 0 Å². The first kappa shape index (κ1) is 10.8. The summed E-state index contributed by atoms with van der Waals surface area (Å²) in [6.45, 7) is 1.84. The normalized spacial score (nSPS) is 9.93. The standard InChI is InChI=1S/C10H18N4/c1-11-6-7-12-10-5-4-9(8-13-10)14(2)3/h4-5,8,11H,6-7H2,1-3H3,(H,12,13). The Hall–Kier alpha value is -1.29. The van der Waals surface area contributed by atoms with Gasteiger partial charge in [-0.05, 0) is 19.2 Å². The topological polar surface area (TPSA) is 40.2 Å². The van der Waals surface area contributed by atoms with Gasteiger partial charge in [-0.15, -0.1) is 0 Å². The highest BCUT2D eigenvalue weighted by Crippen LogP contribution is 2.11. The van der Waals surface area contributed by atoms with Gasteiger partial charge in [0.2, 0.25) is 0 Å². The number of nitrogens with one attached hydrogen (secondary N) is 2. The van der Waals surface area contributed by atoms with Crippen molar-refractivity contribution in [1.29, 1.82) is 0 Å². The average Bonchev–Trinajstić information content (AvgIpc) is 2.19. The van der Waals surface area contributed by atoms with E-state index in [1.54, 1.807) is 0 Å². The monoisotopic (exact) mass is 194 g/mol. The molecule has 1 aromatic heterocycles. The van der Waals surface area contributed by atoms with Gasteiger partial charge in [0.05, 0.1) is 11.9 Å². The second-order valence-electron chi connectivity index (χ2n) is 3.33. The second kappa shape index (κ2) is 5.44. The van der Waals surface area contributed by atoms with E-state index in [0.717, 1.165) is 24.6 Å². The fraction of sp³-hybridized carbons (Fsp3) is 0.500. The molecule has 2 N–H and O–H groups in total. The van der Waals surface area contributed by atoms with Gasteiger partial charge < -0.3 is 15.5 Å². The summed E-state index contributed by atoms with van der Waals surface area (Å²) in [6.07, 6.45) is 1.86. The molecule has 0 spiro atoms. The molecule has 1 aromatic rings. The highest BCUT2D eigenvalue weighted by Gasteiger charge is 1.95. The summed E-state index contributed by atoms with van der Waals surface area (Å²) in [5.74, 6) is 0.922. The van der Waals surface area contributed by atoms with Crippen LogP contribution in [0.2, 0.25) is 0 Å². The Bertz CT molecular complexity index is 255. The number of hydrogen-bond acceptors (Lipinski definition) is 4. The van der Waals surface area contributed by atoms with Crippen LogP contribution < -0.4 is 15.5 Å². The molecule has 0 aromatic carbocycles. The largest absolute Gasteiger partial charge is 0.376 e. The molecule has 0 radical (unpaired) electrons. The number of nitrogens with zero attached hydrogens (tertiary/aromatic N) is 2. The predicted molar refractivity (Wildman–Crippen MR) is 61.0 cm³/mol. The molecule has 0 bridgehead atoms. The van der Waals surface area contributed by atoms with E-state index in [1.807, 2.05) is 38.3 Å². The van der Waals surface area contributed by atoms with E-state index < -0.39 is 0 Å². The van der Waals surface area contributed by atoms with Gasteiger partial charge in [-0.1, -0.05) is 0 Å². The summed E-state index contributed by atoms with van der Waals surface area (Å²) in [5, 5.41) is 6.29. The first-order chi connectivity index (χ1) is 6.74. The molecule has 4 heteroatoms. The van der Waals surface area contributed by atoms with Gasteiger partial charge in [0, 0.05) is 27.2 Å². The van der Waals surface area contributed by atoms with E-state index in [0.29, 0.717) is 0 Å². The molecule has 1 heterocycles. The van der Waals surface area contributed by atoms with Crippen LogP contribution >= 0.6 is 0 Å². The van der Waals surface area contributed by atoms with Crippen molar-refractivity contribution >= 4 is 11.5 Å². The summed E-state index contributed by atoms with van der Waals surface area (Å²) in [5.41, 5.74) is 1.11. The molecule has 4 nitrogen and oxygen atoms in total. The lowest BCUT2D eigenvalue weighted by Gasteiger charge is -2.12. The van der Waals surface area contributed by atoms with Crippen LogP contribution in [0.4, 0.5) is 11.5 Å². The number of anilines is 2. The Morgan fingerprint density at radius 1 is 1.29 bits per heavy atom. The minimum Gasteiger partial charge on any atom is -0.376 e. The molecule has 0 saturated heterocycles. The molecule has 14 heavy (non-hydrogen) atoms. The first-order valence-electron chi connectivity index (χ1n) is 4.76. The fourth-order valence-corrected chi connectivity index (χ4v) is 1.07. The van der Waals surface area contributed by atoms with Crippen LogP contribution in [0.15, 0.2) is 18.3 Å². The lowest BCUT2D eigenvalue weighted by Crippen LogP contribution is -2.18. The SMILES string of the molecule is CNCCNc1ccc(N(C)C)cn1. The Balaban J connectivity index is 2.47. The molecular formula is C10H18N4. The van der Waals surface area contributed by atoms with Crippen molar-refractivity contribution in [2.45, 2.75) is 0 Å². The molecule has 0 unspecified atom stereocenters. The highest BCUT2D eigenvalue weighted by molar-refractivity contribution is 5.48. The Morgan fingerprint density at radius 2 is 2.07 bits per heavy atom. The highest BCUT2D eigenvalue weighted by atomic mass is 15.1. The summed E-state index contributed by atoms with van der Waals surface area (Å²) < 4.78 is 0. The molecule has 0 fully saturated rings. The number of rotatable bonds is 5. The third-order valence-electron chi connectivity index (χ3n) is 1.95. The zero-order valence-electron chi connectivity index (χ0n) is 9.04. The zero-order valence-corrected chi connectivity index (χ0v) is 9.04. The van der Waals surface area contributed by atoms with Crippen molar-refractivity contribution in [2.24, 2.45) is 0 Å². The lowest BCUT2D eigenvalue weighted by atomic mass is 10.4. The van der Waals surface area contributed by atoms with Crippen LogP contribution in [0.1, 0.15) is 0 Å². The van der Waals surface area contributed by atoms with Crippen molar-refractivity contribution in [3.63, 3.8) is 0 Å². The second-order valence-corrected chi connectivity index (χ2v) is 3.33. The minimum absolute atomic E-state index is 0.894. The van der Waals surface area contributed by atoms with E-state index >= 15 is 0 Å². The van der Waals surface area contributed by atoms with Crippen molar-refractivity contribution in [3.05, 3.63) is 18.3 Å². The fourth-order valence-electron chi connectivity index (χ4n) is 1.07. The van der Waals surface area contributed by atoms with Crippen molar-refractivity contribution in [3.8, 4) is 0 Å². The van der Waals surface area contributed by atoms with E-state index in [2.05, 4.69) is 21.7 Å². The molecule has 0 saturated carbocycles. The van der Waals surface area contributed by atoms with E-state index in [-0.39, 0.29) is 0 Å². The maximum absolute atomic E-state index is 4.29. The summed E-state index contributed by atoms with van der Waals surface area (Å²) in [7, 11) is 5.94. The quantitative estimate of drug-likeness (QED) is 0.680. The third kappa shape index (κ3) is 3.22. The number of aromatic nitrogens is 1. The van der Waals surface area contributed by atoms with Crippen molar-refractivity contribution < 1.29 is 0 Å². The lowest BCUT2D eigenvalue weighted by molar-refractivity contribution is 0.821. The van der Waals surface area contributed by atoms with Gasteiger partial charge in [-0.2, -0.15) is 0 Å². The summed E-state index contributed by atoms with van der Waals surface area (Å²) in [6, 6.07) is 4.04. The van der Waals surface area contributed by atoms with Crippen molar-refractivity contribution in [2.75, 3.05) is 44.4 Å². The van der Waals surface area contributed by atoms with Gasteiger partial charge in [-0.25, -0.2) is 4.98 Å². The molecule has 0 atom stereocenters. The van der Waals surface area contributed by atoms with Gasteiger partial charge in [0.15, 0.2) is 0 Å². The van der Waals surface area contributed by atoms with Crippen molar-refractivity contribution in [1.82, 2.24) is 10.3 Å². The Kier molecular flexibility index (Phi) is 4.19. The molecular weight excluding hydrogens is 176 g/mol. The molecule has 0 aliphatic carbocycles. The van der Waals surface area contributed by atoms with Gasteiger partial charge >= 0.3 is 0 Å². The zero-order chi connectivity index (χ0) is 10.4. The molecule has 1 rings (SSSR count). The smallest absolute Gasteiger partial charge is 0.126 e. The van der Waals surface area contributed by atoms with Crippen LogP contribution in [0.5, 0.6) is 0 Å². The Labute approximate surface area is 85.3 Å². The molecule has 0 aliphatic heterocycles. The van der Waals surface area contributed by atoms with E-state index in [4.69, 9.17) is 0 Å². The van der Waals surface area contributed by atoms with Crippen LogP contribution in [0.25, 0.3) is 0 Å². The number of likely N-dealkylation sites (N-methyl/N-ethyl adjacent to an activating group) is 1. The third-order valence-corrected chi connectivity index (χ3v) is 1.95. The molecule has 0 aliphatic rings. The van der Waals surface area contributed by atoms with Gasteiger partial charge in [-0.3, -0.25) is 0 Å².